The van der Waals surface area contributed by atoms with Crippen LogP contribution < -0.4 is 10.5 Å². The van der Waals surface area contributed by atoms with Gasteiger partial charge in [-0.15, -0.1) is 0 Å². The van der Waals surface area contributed by atoms with Crippen LogP contribution in [0.1, 0.15) is 25.8 Å². The summed E-state index contributed by atoms with van der Waals surface area (Å²) in [6.45, 7) is 3.99. The number of hydrogen-bond donors (Lipinski definition) is 1. The van der Waals surface area contributed by atoms with E-state index in [1.807, 2.05) is 19.9 Å². The molecule has 1 rings (SSSR count). The Morgan fingerprint density at radius 1 is 1.57 bits per heavy atom. The third-order valence-corrected chi connectivity index (χ3v) is 2.07. The zero-order chi connectivity index (χ0) is 10.6. The summed E-state index contributed by atoms with van der Waals surface area (Å²) in [6, 6.07) is 7.29. The minimum absolute atomic E-state index is 0.101. The summed E-state index contributed by atoms with van der Waals surface area (Å²) in [5.74, 6) is 0.571. The Hall–Kier alpha value is -1.69. The molecular weight excluding hydrogens is 176 g/mol. The molecule has 0 aromatic heterocycles. The van der Waals surface area contributed by atoms with Gasteiger partial charge < -0.3 is 10.5 Å². The molecule has 0 fully saturated rings. The second-order valence-corrected chi connectivity index (χ2v) is 3.17. The van der Waals surface area contributed by atoms with Gasteiger partial charge in [-0.3, -0.25) is 0 Å². The van der Waals surface area contributed by atoms with Crippen molar-refractivity contribution >= 4 is 5.69 Å². The fourth-order valence-electron chi connectivity index (χ4n) is 1.07. The average molecular weight is 190 g/mol. The van der Waals surface area contributed by atoms with Gasteiger partial charge in [0.1, 0.15) is 17.4 Å². The van der Waals surface area contributed by atoms with Crippen molar-refractivity contribution in [1.29, 1.82) is 5.26 Å². The fraction of sp³-hybridized carbons (Fsp3) is 0.364. The van der Waals surface area contributed by atoms with Crippen LogP contribution in [0.2, 0.25) is 0 Å². The predicted molar refractivity (Wildman–Crippen MR) is 56.0 cm³/mol. The number of hydrogen-bond acceptors (Lipinski definition) is 3. The van der Waals surface area contributed by atoms with Crippen molar-refractivity contribution in [1.82, 2.24) is 0 Å². The van der Waals surface area contributed by atoms with Crippen molar-refractivity contribution < 1.29 is 4.74 Å². The summed E-state index contributed by atoms with van der Waals surface area (Å²) >= 11 is 0. The molecule has 1 aromatic carbocycles. The van der Waals surface area contributed by atoms with Gasteiger partial charge >= 0.3 is 0 Å². The number of nitriles is 1. The van der Waals surface area contributed by atoms with E-state index in [1.165, 1.54) is 0 Å². The number of nitrogen functional groups attached to an aromatic ring is 1. The molecule has 0 spiro atoms. The minimum atomic E-state index is 0.101. The Morgan fingerprint density at radius 3 is 2.86 bits per heavy atom. The lowest BCUT2D eigenvalue weighted by Crippen LogP contribution is -2.11. The SMILES string of the molecule is CC[C@H](C)Oc1cccc(N)c1C#N. The molecule has 0 saturated heterocycles. The zero-order valence-corrected chi connectivity index (χ0v) is 8.45. The summed E-state index contributed by atoms with van der Waals surface area (Å²) in [7, 11) is 0. The third-order valence-electron chi connectivity index (χ3n) is 2.07. The minimum Gasteiger partial charge on any atom is -0.489 e. The Kier molecular flexibility index (Phi) is 3.35. The second-order valence-electron chi connectivity index (χ2n) is 3.17. The van der Waals surface area contributed by atoms with E-state index < -0.39 is 0 Å². The number of benzene rings is 1. The summed E-state index contributed by atoms with van der Waals surface area (Å²) in [5.41, 5.74) is 6.54. The second kappa shape index (κ2) is 4.52. The summed E-state index contributed by atoms with van der Waals surface area (Å²) in [4.78, 5) is 0. The van der Waals surface area contributed by atoms with Gasteiger partial charge in [0.05, 0.1) is 11.8 Å². The van der Waals surface area contributed by atoms with Crippen LogP contribution in [-0.2, 0) is 0 Å². The summed E-state index contributed by atoms with van der Waals surface area (Å²) in [6.07, 6.45) is 1.00. The Balaban J connectivity index is 2.98. The van der Waals surface area contributed by atoms with Gasteiger partial charge in [0, 0.05) is 0 Å². The molecule has 0 aliphatic rings. The maximum Gasteiger partial charge on any atom is 0.139 e. The molecule has 1 atom stereocenters. The van der Waals surface area contributed by atoms with E-state index in [4.69, 9.17) is 15.7 Å². The van der Waals surface area contributed by atoms with Crippen LogP contribution in [0, 0.1) is 11.3 Å². The van der Waals surface area contributed by atoms with Gasteiger partial charge in [0.2, 0.25) is 0 Å². The first kappa shape index (κ1) is 10.4. The van der Waals surface area contributed by atoms with Gasteiger partial charge in [-0.25, -0.2) is 0 Å². The zero-order valence-electron chi connectivity index (χ0n) is 8.45. The summed E-state index contributed by atoms with van der Waals surface area (Å²) in [5, 5.41) is 8.87. The van der Waals surface area contributed by atoms with Crippen LogP contribution in [0.5, 0.6) is 5.75 Å². The highest BCUT2D eigenvalue weighted by Crippen LogP contribution is 2.24. The molecule has 0 aliphatic heterocycles. The fourth-order valence-corrected chi connectivity index (χ4v) is 1.07. The van der Waals surface area contributed by atoms with Crippen LogP contribution in [0.15, 0.2) is 18.2 Å². The van der Waals surface area contributed by atoms with Crippen molar-refractivity contribution in [3.63, 3.8) is 0 Å². The normalized spacial score (nSPS) is 11.8. The molecule has 0 bridgehead atoms. The van der Waals surface area contributed by atoms with E-state index in [9.17, 15) is 0 Å². The van der Waals surface area contributed by atoms with Gasteiger partial charge in [-0.05, 0) is 25.5 Å². The molecule has 0 saturated carbocycles. The van der Waals surface area contributed by atoms with Crippen LogP contribution in [0.25, 0.3) is 0 Å². The van der Waals surface area contributed by atoms with Crippen molar-refractivity contribution in [2.45, 2.75) is 26.4 Å². The quantitative estimate of drug-likeness (QED) is 0.744. The standard InChI is InChI=1S/C11H14N2O/c1-3-8(2)14-11-6-4-5-10(13)9(11)7-12/h4-6,8H,3,13H2,1-2H3/t8-/m0/s1. The lowest BCUT2D eigenvalue weighted by Gasteiger charge is -2.14. The Labute approximate surface area is 84.1 Å². The molecule has 0 unspecified atom stereocenters. The van der Waals surface area contributed by atoms with E-state index in [2.05, 4.69) is 0 Å². The van der Waals surface area contributed by atoms with Crippen molar-refractivity contribution in [3.05, 3.63) is 23.8 Å². The van der Waals surface area contributed by atoms with E-state index in [-0.39, 0.29) is 6.10 Å². The Bertz CT molecular complexity index is 355. The number of ether oxygens (including phenoxy) is 1. The first-order chi connectivity index (χ1) is 6.69. The summed E-state index contributed by atoms with van der Waals surface area (Å²) < 4.78 is 5.56. The van der Waals surface area contributed by atoms with Gasteiger partial charge in [-0.1, -0.05) is 13.0 Å². The van der Waals surface area contributed by atoms with Crippen LogP contribution in [-0.4, -0.2) is 6.10 Å². The molecule has 0 radical (unpaired) electrons. The van der Waals surface area contributed by atoms with Crippen LogP contribution in [0.4, 0.5) is 5.69 Å². The molecule has 14 heavy (non-hydrogen) atoms. The van der Waals surface area contributed by atoms with E-state index in [0.717, 1.165) is 6.42 Å². The molecule has 0 amide bonds. The number of anilines is 1. The number of nitrogens with zero attached hydrogens (tertiary/aromatic N) is 1. The number of nitrogens with two attached hydrogens (primary N) is 1. The van der Waals surface area contributed by atoms with E-state index >= 15 is 0 Å². The van der Waals surface area contributed by atoms with Gasteiger partial charge in [0.15, 0.2) is 0 Å². The van der Waals surface area contributed by atoms with Crippen molar-refractivity contribution in [3.8, 4) is 11.8 Å². The maximum absolute atomic E-state index is 8.87. The van der Waals surface area contributed by atoms with E-state index in [0.29, 0.717) is 17.0 Å². The van der Waals surface area contributed by atoms with E-state index in [1.54, 1.807) is 18.2 Å². The van der Waals surface area contributed by atoms with Gasteiger partial charge in [0.25, 0.3) is 0 Å². The molecule has 0 heterocycles. The molecule has 3 heteroatoms. The topological polar surface area (TPSA) is 59.0 Å². The van der Waals surface area contributed by atoms with Crippen molar-refractivity contribution in [2.24, 2.45) is 0 Å². The highest BCUT2D eigenvalue weighted by atomic mass is 16.5. The molecule has 2 N–H and O–H groups in total. The van der Waals surface area contributed by atoms with Gasteiger partial charge in [-0.2, -0.15) is 5.26 Å². The highest BCUT2D eigenvalue weighted by Gasteiger charge is 2.08. The number of rotatable bonds is 3. The lowest BCUT2D eigenvalue weighted by molar-refractivity contribution is 0.217. The predicted octanol–water partition coefficient (Wildman–Crippen LogP) is 2.32. The van der Waals surface area contributed by atoms with Crippen LogP contribution >= 0.6 is 0 Å². The highest BCUT2D eigenvalue weighted by molar-refractivity contribution is 5.60. The first-order valence-corrected chi connectivity index (χ1v) is 4.64. The molecule has 3 nitrogen and oxygen atoms in total. The smallest absolute Gasteiger partial charge is 0.139 e. The molecule has 0 aliphatic carbocycles. The maximum atomic E-state index is 8.87. The average Bonchev–Trinajstić information content (AvgIpc) is 2.18. The molecular formula is C11H14N2O. The third kappa shape index (κ3) is 2.17. The monoisotopic (exact) mass is 190 g/mol. The van der Waals surface area contributed by atoms with Crippen molar-refractivity contribution in [2.75, 3.05) is 5.73 Å². The molecule has 74 valence electrons. The first-order valence-electron chi connectivity index (χ1n) is 4.64. The molecule has 1 aromatic rings. The largest absolute Gasteiger partial charge is 0.489 e. The Morgan fingerprint density at radius 2 is 2.29 bits per heavy atom. The van der Waals surface area contributed by atoms with Crippen LogP contribution in [0.3, 0.4) is 0 Å². The lowest BCUT2D eigenvalue weighted by atomic mass is 10.2.